The number of fused-ring (bicyclic) bond motifs is 1. The van der Waals surface area contributed by atoms with E-state index in [2.05, 4.69) is 5.32 Å². The number of halogens is 4. The van der Waals surface area contributed by atoms with Crippen LogP contribution in [0.3, 0.4) is 0 Å². The predicted octanol–water partition coefficient (Wildman–Crippen LogP) is 8.58. The first-order chi connectivity index (χ1) is 16.8. The molecule has 0 radical (unpaired) electrons. The Kier molecular flexibility index (Phi) is 7.85. The summed E-state index contributed by atoms with van der Waals surface area (Å²) in [7, 11) is 0. The van der Waals surface area contributed by atoms with Gasteiger partial charge >= 0.3 is 0 Å². The molecule has 0 spiro atoms. The van der Waals surface area contributed by atoms with Crippen LogP contribution in [0, 0.1) is 11.3 Å². The Morgan fingerprint density at radius 3 is 2.26 bits per heavy atom. The number of nitriles is 1. The summed E-state index contributed by atoms with van der Waals surface area (Å²) >= 11 is 24.7. The summed E-state index contributed by atoms with van der Waals surface area (Å²) in [6, 6.07) is 23.7. The van der Waals surface area contributed by atoms with Gasteiger partial charge in [0.05, 0.1) is 20.1 Å². The van der Waals surface area contributed by atoms with Crippen molar-refractivity contribution in [3.63, 3.8) is 0 Å². The lowest BCUT2D eigenvalue weighted by Gasteiger charge is -2.12. The molecule has 0 heterocycles. The molecule has 1 N–H and O–H groups in total. The molecule has 0 bridgehead atoms. The second kappa shape index (κ2) is 11.0. The summed E-state index contributed by atoms with van der Waals surface area (Å²) in [5.41, 5.74) is 1.69. The molecular weight excluding hydrogens is 526 g/mol. The Balaban J connectivity index is 1.50. The minimum atomic E-state index is -0.616. The number of amides is 1. The van der Waals surface area contributed by atoms with Gasteiger partial charge in [-0.05, 0) is 64.4 Å². The molecule has 0 aliphatic carbocycles. The number of hydrogen-bond donors (Lipinski definition) is 1. The molecule has 0 atom stereocenters. The van der Waals surface area contributed by atoms with E-state index in [0.29, 0.717) is 22.0 Å². The van der Waals surface area contributed by atoms with Crippen LogP contribution in [0.1, 0.15) is 11.1 Å². The summed E-state index contributed by atoms with van der Waals surface area (Å²) in [6.45, 7) is 0.273. The fraction of sp³-hybridized carbons (Fsp3) is 0.0370. The van der Waals surface area contributed by atoms with Crippen LogP contribution in [0.2, 0.25) is 20.1 Å². The lowest BCUT2D eigenvalue weighted by Crippen LogP contribution is -2.13. The molecule has 8 heteroatoms. The molecular formula is C27H16Cl4N2O2. The van der Waals surface area contributed by atoms with Gasteiger partial charge in [0.1, 0.15) is 18.2 Å². The molecule has 0 fully saturated rings. The average molecular weight is 542 g/mol. The van der Waals surface area contributed by atoms with Gasteiger partial charge in [-0.3, -0.25) is 4.79 Å². The maximum absolute atomic E-state index is 12.6. The number of carbonyl (C=O) groups is 1. The van der Waals surface area contributed by atoms with E-state index in [1.54, 1.807) is 24.3 Å². The number of nitrogens with one attached hydrogen (secondary N) is 1. The van der Waals surface area contributed by atoms with Gasteiger partial charge in [0, 0.05) is 5.69 Å². The van der Waals surface area contributed by atoms with Crippen molar-refractivity contribution >= 4 is 74.8 Å². The predicted molar refractivity (Wildman–Crippen MR) is 143 cm³/mol. The van der Waals surface area contributed by atoms with Crippen LogP contribution in [0.15, 0.2) is 78.4 Å². The summed E-state index contributed by atoms with van der Waals surface area (Å²) in [5, 5.41) is 15.5. The Morgan fingerprint density at radius 1 is 0.857 bits per heavy atom. The number of ether oxygens (including phenoxy) is 1. The maximum atomic E-state index is 12.6. The van der Waals surface area contributed by atoms with E-state index >= 15 is 0 Å². The molecule has 0 unspecified atom stereocenters. The van der Waals surface area contributed by atoms with E-state index in [0.717, 1.165) is 16.3 Å². The van der Waals surface area contributed by atoms with Crippen LogP contribution in [0.25, 0.3) is 16.8 Å². The summed E-state index contributed by atoms with van der Waals surface area (Å²) < 4.78 is 5.88. The highest BCUT2D eigenvalue weighted by molar-refractivity contribution is 6.42. The molecule has 4 nitrogen and oxygen atoms in total. The Bertz CT molecular complexity index is 1490. The van der Waals surface area contributed by atoms with Crippen molar-refractivity contribution in [2.45, 2.75) is 6.61 Å². The third-order valence-corrected chi connectivity index (χ3v) is 6.37. The van der Waals surface area contributed by atoms with Gasteiger partial charge < -0.3 is 10.1 Å². The first kappa shape index (κ1) is 24.9. The minimum absolute atomic E-state index is 0.145. The van der Waals surface area contributed by atoms with Crippen LogP contribution in [0.5, 0.6) is 5.75 Å². The zero-order valence-electron chi connectivity index (χ0n) is 18.0. The number of nitrogens with zero attached hydrogens (tertiary/aromatic N) is 1. The molecule has 0 aliphatic rings. The normalized spacial score (nSPS) is 11.2. The molecule has 0 aliphatic heterocycles. The summed E-state index contributed by atoms with van der Waals surface area (Å²) in [6.07, 6.45) is 1.39. The zero-order valence-corrected chi connectivity index (χ0v) is 21.0. The van der Waals surface area contributed by atoms with Crippen molar-refractivity contribution in [3.05, 3.63) is 110 Å². The largest absolute Gasteiger partial charge is 0.486 e. The van der Waals surface area contributed by atoms with Crippen molar-refractivity contribution in [3.8, 4) is 11.8 Å². The number of hydrogen-bond acceptors (Lipinski definition) is 3. The third-order valence-electron chi connectivity index (χ3n) is 5.07. The number of rotatable bonds is 6. The number of benzene rings is 4. The first-order valence-electron chi connectivity index (χ1n) is 10.3. The molecule has 0 saturated carbocycles. The molecule has 0 saturated heterocycles. The fourth-order valence-corrected chi connectivity index (χ4v) is 4.28. The second-order valence-electron chi connectivity index (χ2n) is 7.54. The van der Waals surface area contributed by atoms with E-state index in [4.69, 9.17) is 51.1 Å². The van der Waals surface area contributed by atoms with Crippen molar-refractivity contribution in [2.24, 2.45) is 0 Å². The van der Waals surface area contributed by atoms with Gasteiger partial charge in [-0.25, -0.2) is 0 Å². The topological polar surface area (TPSA) is 62.1 Å². The quantitative estimate of drug-likeness (QED) is 0.196. The molecule has 4 aromatic carbocycles. The highest BCUT2D eigenvalue weighted by Gasteiger charge is 2.14. The van der Waals surface area contributed by atoms with Gasteiger partial charge in [0.15, 0.2) is 5.75 Å². The second-order valence-corrected chi connectivity index (χ2v) is 9.17. The molecule has 4 aromatic rings. The van der Waals surface area contributed by atoms with Gasteiger partial charge in [0.25, 0.3) is 5.91 Å². The lowest BCUT2D eigenvalue weighted by atomic mass is 10.1. The molecule has 1 amide bonds. The summed E-state index contributed by atoms with van der Waals surface area (Å²) in [5.74, 6) is -0.299. The number of carbonyl (C=O) groups excluding carboxylic acids is 1. The molecule has 174 valence electrons. The Labute approximate surface area is 222 Å². The van der Waals surface area contributed by atoms with E-state index < -0.39 is 5.91 Å². The van der Waals surface area contributed by atoms with E-state index in [1.807, 2.05) is 48.5 Å². The summed E-state index contributed by atoms with van der Waals surface area (Å²) in [4.78, 5) is 12.6. The van der Waals surface area contributed by atoms with Gasteiger partial charge in [-0.15, -0.1) is 0 Å². The monoisotopic (exact) mass is 540 g/mol. The van der Waals surface area contributed by atoms with E-state index in [9.17, 15) is 10.1 Å². The zero-order chi connectivity index (χ0) is 24.9. The van der Waals surface area contributed by atoms with Crippen molar-refractivity contribution in [1.29, 1.82) is 5.26 Å². The van der Waals surface area contributed by atoms with Crippen molar-refractivity contribution in [2.75, 3.05) is 5.32 Å². The third kappa shape index (κ3) is 6.08. The average Bonchev–Trinajstić information content (AvgIpc) is 2.84. The minimum Gasteiger partial charge on any atom is -0.486 e. The molecule has 4 rings (SSSR count). The smallest absolute Gasteiger partial charge is 0.266 e. The number of anilines is 1. The Morgan fingerprint density at radius 2 is 1.57 bits per heavy atom. The van der Waals surface area contributed by atoms with Gasteiger partial charge in [-0.2, -0.15) is 5.26 Å². The standard InChI is InChI=1S/C27H16Cl4N2O2/c28-22-8-7-21(13-23(22)29)33-27(34)20(14-32)10-17-11-24(30)26(25(31)12-17)35-15-16-5-6-18-3-1-2-4-19(18)9-16/h1-13H,15H2,(H,33,34)/b20-10+. The molecule has 35 heavy (non-hydrogen) atoms. The molecule has 0 aromatic heterocycles. The van der Waals surface area contributed by atoms with Crippen LogP contribution < -0.4 is 10.1 Å². The fourth-order valence-electron chi connectivity index (χ4n) is 3.37. The van der Waals surface area contributed by atoms with E-state index in [-0.39, 0.29) is 27.2 Å². The van der Waals surface area contributed by atoms with Crippen LogP contribution >= 0.6 is 46.4 Å². The van der Waals surface area contributed by atoms with Crippen LogP contribution in [-0.4, -0.2) is 5.91 Å². The Hall–Kier alpha value is -3.20. The van der Waals surface area contributed by atoms with Gasteiger partial charge in [-0.1, -0.05) is 82.8 Å². The van der Waals surface area contributed by atoms with Crippen LogP contribution in [0.4, 0.5) is 5.69 Å². The lowest BCUT2D eigenvalue weighted by molar-refractivity contribution is -0.112. The van der Waals surface area contributed by atoms with Crippen molar-refractivity contribution in [1.82, 2.24) is 0 Å². The SMILES string of the molecule is N#C/C(=C\c1cc(Cl)c(OCc2ccc3ccccc3c2)c(Cl)c1)C(=O)Nc1ccc(Cl)c(Cl)c1. The van der Waals surface area contributed by atoms with E-state index in [1.165, 1.54) is 12.1 Å². The van der Waals surface area contributed by atoms with Gasteiger partial charge in [0.2, 0.25) is 0 Å². The van der Waals surface area contributed by atoms with Crippen LogP contribution in [-0.2, 0) is 11.4 Å². The van der Waals surface area contributed by atoms with Crippen molar-refractivity contribution < 1.29 is 9.53 Å². The highest BCUT2D eigenvalue weighted by Crippen LogP contribution is 2.35. The highest BCUT2D eigenvalue weighted by atomic mass is 35.5. The maximum Gasteiger partial charge on any atom is 0.266 e. The first-order valence-corrected chi connectivity index (χ1v) is 11.8.